The van der Waals surface area contributed by atoms with E-state index in [9.17, 15) is 5.11 Å². The number of rotatable bonds is 10. The molecule has 1 aromatic heterocycles. The fourth-order valence-corrected chi connectivity index (χ4v) is 2.53. The van der Waals surface area contributed by atoms with E-state index in [-0.39, 0.29) is 6.10 Å². The van der Waals surface area contributed by atoms with Crippen LogP contribution in [0.2, 0.25) is 0 Å². The first-order valence-corrected chi connectivity index (χ1v) is 7.91. The minimum absolute atomic E-state index is 0.350. The normalized spacial score (nSPS) is 12.8. The number of aryl methyl sites for hydroxylation is 2. The average Bonchev–Trinajstić information content (AvgIpc) is 2.79. The summed E-state index contributed by atoms with van der Waals surface area (Å²) in [5.74, 6) is 0. The van der Waals surface area contributed by atoms with Crippen molar-refractivity contribution < 1.29 is 5.11 Å². The van der Waals surface area contributed by atoms with Crippen LogP contribution in [0.25, 0.3) is 0 Å². The zero-order chi connectivity index (χ0) is 14.1. The molecular formula is C16H30N2O. The minimum atomic E-state index is -0.350. The molecule has 0 radical (unpaired) electrons. The van der Waals surface area contributed by atoms with E-state index in [4.69, 9.17) is 0 Å². The molecule has 1 atom stereocenters. The van der Waals surface area contributed by atoms with Crippen molar-refractivity contribution in [2.45, 2.75) is 84.8 Å². The third kappa shape index (κ3) is 5.77. The van der Waals surface area contributed by atoms with E-state index in [1.165, 1.54) is 38.5 Å². The average molecular weight is 266 g/mol. The molecule has 0 spiro atoms. The van der Waals surface area contributed by atoms with Gasteiger partial charge in [0.05, 0.1) is 17.5 Å². The standard InChI is InChI=1S/C16H30N2O/c1-4-6-7-8-9-10-11-12-16(19)15-13-14(3)17-18(15)5-2/h13,16,19H,4-12H2,1-3H3. The van der Waals surface area contributed by atoms with Crippen molar-refractivity contribution in [3.63, 3.8) is 0 Å². The maximum absolute atomic E-state index is 10.2. The van der Waals surface area contributed by atoms with Crippen LogP contribution in [0.4, 0.5) is 0 Å². The Labute approximate surface area is 118 Å². The van der Waals surface area contributed by atoms with E-state index in [0.717, 1.165) is 30.8 Å². The van der Waals surface area contributed by atoms with Gasteiger partial charge in [0.2, 0.25) is 0 Å². The second kappa shape index (κ2) is 9.13. The Kier molecular flexibility index (Phi) is 7.80. The molecule has 0 amide bonds. The van der Waals surface area contributed by atoms with Crippen molar-refractivity contribution in [1.82, 2.24) is 9.78 Å². The SMILES string of the molecule is CCCCCCCCCC(O)c1cc(C)nn1CC. The number of aliphatic hydroxyl groups is 1. The van der Waals surface area contributed by atoms with Gasteiger partial charge in [-0.25, -0.2) is 0 Å². The Morgan fingerprint density at radius 2 is 1.74 bits per heavy atom. The number of nitrogens with zero attached hydrogens (tertiary/aromatic N) is 2. The Bertz CT molecular complexity index is 347. The lowest BCUT2D eigenvalue weighted by Crippen LogP contribution is -2.08. The van der Waals surface area contributed by atoms with Gasteiger partial charge in [-0.3, -0.25) is 4.68 Å². The second-order valence-electron chi connectivity index (χ2n) is 5.45. The molecule has 0 aliphatic rings. The summed E-state index contributed by atoms with van der Waals surface area (Å²) >= 11 is 0. The molecule has 3 nitrogen and oxygen atoms in total. The van der Waals surface area contributed by atoms with Gasteiger partial charge in [-0.05, 0) is 26.3 Å². The third-order valence-electron chi connectivity index (χ3n) is 3.66. The van der Waals surface area contributed by atoms with Gasteiger partial charge in [0.25, 0.3) is 0 Å². The van der Waals surface area contributed by atoms with Gasteiger partial charge in [0, 0.05) is 6.54 Å². The lowest BCUT2D eigenvalue weighted by atomic mass is 10.0. The molecule has 19 heavy (non-hydrogen) atoms. The van der Waals surface area contributed by atoms with Crippen molar-refractivity contribution >= 4 is 0 Å². The van der Waals surface area contributed by atoms with Crippen molar-refractivity contribution in [2.75, 3.05) is 0 Å². The summed E-state index contributed by atoms with van der Waals surface area (Å²) in [5.41, 5.74) is 1.97. The molecule has 1 N–H and O–H groups in total. The Morgan fingerprint density at radius 1 is 1.11 bits per heavy atom. The van der Waals surface area contributed by atoms with Crippen LogP contribution >= 0.6 is 0 Å². The first-order chi connectivity index (χ1) is 9.19. The number of aliphatic hydroxyl groups excluding tert-OH is 1. The zero-order valence-electron chi connectivity index (χ0n) is 12.9. The first kappa shape index (κ1) is 16.2. The summed E-state index contributed by atoms with van der Waals surface area (Å²) in [6.45, 7) is 7.12. The van der Waals surface area contributed by atoms with E-state index < -0.39 is 0 Å². The van der Waals surface area contributed by atoms with Crippen molar-refractivity contribution in [1.29, 1.82) is 0 Å². The Hall–Kier alpha value is -0.830. The highest BCUT2D eigenvalue weighted by atomic mass is 16.3. The second-order valence-corrected chi connectivity index (χ2v) is 5.45. The van der Waals surface area contributed by atoms with Crippen LogP contribution in [-0.2, 0) is 6.54 Å². The first-order valence-electron chi connectivity index (χ1n) is 7.91. The van der Waals surface area contributed by atoms with E-state index in [1.54, 1.807) is 0 Å². The molecule has 0 aromatic carbocycles. The number of hydrogen-bond donors (Lipinski definition) is 1. The predicted molar refractivity (Wildman–Crippen MR) is 80.2 cm³/mol. The molecule has 1 unspecified atom stereocenters. The largest absolute Gasteiger partial charge is 0.387 e. The molecule has 1 aromatic rings. The van der Waals surface area contributed by atoms with Crippen LogP contribution in [0.15, 0.2) is 6.07 Å². The molecule has 0 bridgehead atoms. The molecule has 0 fully saturated rings. The van der Waals surface area contributed by atoms with Gasteiger partial charge in [-0.2, -0.15) is 5.10 Å². The molecule has 1 rings (SSSR count). The maximum Gasteiger partial charge on any atom is 0.0956 e. The molecular weight excluding hydrogens is 236 g/mol. The fourth-order valence-electron chi connectivity index (χ4n) is 2.53. The molecule has 0 saturated heterocycles. The Balaban J connectivity index is 2.21. The molecule has 0 aliphatic carbocycles. The molecule has 0 saturated carbocycles. The van der Waals surface area contributed by atoms with Gasteiger partial charge in [-0.1, -0.05) is 51.9 Å². The lowest BCUT2D eigenvalue weighted by Gasteiger charge is -2.12. The summed E-state index contributed by atoms with van der Waals surface area (Å²) < 4.78 is 1.92. The molecule has 0 aliphatic heterocycles. The monoisotopic (exact) mass is 266 g/mol. The number of unbranched alkanes of at least 4 members (excludes halogenated alkanes) is 6. The minimum Gasteiger partial charge on any atom is -0.387 e. The number of aromatic nitrogens is 2. The van der Waals surface area contributed by atoms with Gasteiger partial charge < -0.3 is 5.11 Å². The highest BCUT2D eigenvalue weighted by molar-refractivity contribution is 5.11. The van der Waals surface area contributed by atoms with Crippen LogP contribution in [0.5, 0.6) is 0 Å². The third-order valence-corrected chi connectivity index (χ3v) is 3.66. The smallest absolute Gasteiger partial charge is 0.0956 e. The summed E-state index contributed by atoms with van der Waals surface area (Å²) in [6.07, 6.45) is 9.53. The summed E-state index contributed by atoms with van der Waals surface area (Å²) in [5, 5.41) is 14.6. The van der Waals surface area contributed by atoms with E-state index in [0.29, 0.717) is 0 Å². The van der Waals surface area contributed by atoms with Gasteiger partial charge >= 0.3 is 0 Å². The van der Waals surface area contributed by atoms with E-state index in [1.807, 2.05) is 17.7 Å². The molecule has 3 heteroatoms. The van der Waals surface area contributed by atoms with Gasteiger partial charge in [-0.15, -0.1) is 0 Å². The lowest BCUT2D eigenvalue weighted by molar-refractivity contribution is 0.152. The van der Waals surface area contributed by atoms with Crippen LogP contribution in [0, 0.1) is 6.92 Å². The van der Waals surface area contributed by atoms with Crippen molar-refractivity contribution in [2.24, 2.45) is 0 Å². The Morgan fingerprint density at radius 3 is 2.37 bits per heavy atom. The van der Waals surface area contributed by atoms with Crippen LogP contribution in [-0.4, -0.2) is 14.9 Å². The highest BCUT2D eigenvalue weighted by Gasteiger charge is 2.13. The van der Waals surface area contributed by atoms with Crippen molar-refractivity contribution in [3.8, 4) is 0 Å². The predicted octanol–water partition coefficient (Wildman–Crippen LogP) is 4.39. The summed E-state index contributed by atoms with van der Waals surface area (Å²) in [7, 11) is 0. The van der Waals surface area contributed by atoms with Crippen LogP contribution in [0.3, 0.4) is 0 Å². The van der Waals surface area contributed by atoms with Crippen molar-refractivity contribution in [3.05, 3.63) is 17.5 Å². The van der Waals surface area contributed by atoms with Crippen LogP contribution < -0.4 is 0 Å². The fraction of sp³-hybridized carbons (Fsp3) is 0.812. The van der Waals surface area contributed by atoms with Gasteiger partial charge in [0.1, 0.15) is 0 Å². The molecule has 1 heterocycles. The summed E-state index contributed by atoms with van der Waals surface area (Å²) in [6, 6.07) is 2.01. The highest BCUT2D eigenvalue weighted by Crippen LogP contribution is 2.21. The topological polar surface area (TPSA) is 38.1 Å². The molecule has 110 valence electrons. The van der Waals surface area contributed by atoms with Gasteiger partial charge in [0.15, 0.2) is 0 Å². The van der Waals surface area contributed by atoms with E-state index in [2.05, 4.69) is 18.9 Å². The van der Waals surface area contributed by atoms with Crippen LogP contribution in [0.1, 0.15) is 82.7 Å². The zero-order valence-corrected chi connectivity index (χ0v) is 12.9. The summed E-state index contributed by atoms with van der Waals surface area (Å²) in [4.78, 5) is 0. The van der Waals surface area contributed by atoms with E-state index >= 15 is 0 Å². The number of hydrogen-bond acceptors (Lipinski definition) is 2. The quantitative estimate of drug-likeness (QED) is 0.638. The maximum atomic E-state index is 10.2.